The molecule has 1 fully saturated rings. The highest BCUT2D eigenvalue weighted by Gasteiger charge is 2.31. The van der Waals surface area contributed by atoms with Gasteiger partial charge in [-0.2, -0.15) is 0 Å². The first-order valence-corrected chi connectivity index (χ1v) is 6.05. The predicted octanol–water partition coefficient (Wildman–Crippen LogP) is 2.44. The van der Waals surface area contributed by atoms with Gasteiger partial charge in [-0.05, 0) is 18.2 Å². The van der Waals surface area contributed by atoms with E-state index in [4.69, 9.17) is 11.2 Å². The number of methoxy groups -OCH3 is 1. The van der Waals surface area contributed by atoms with E-state index >= 15 is 0 Å². The molecule has 1 amide bonds. The molecule has 2 rings (SSSR count). The Morgan fingerprint density at radius 3 is 2.94 bits per heavy atom. The van der Waals surface area contributed by atoms with E-state index in [1.54, 1.807) is 12.0 Å². The minimum Gasteiger partial charge on any atom is -0.495 e. The molecule has 0 aliphatic carbocycles. The normalized spacial score (nSPS) is 19.2. The van der Waals surface area contributed by atoms with Crippen LogP contribution in [0.25, 0.3) is 0 Å². The van der Waals surface area contributed by atoms with E-state index in [0.717, 1.165) is 10.2 Å². The summed E-state index contributed by atoms with van der Waals surface area (Å²) in [6, 6.07) is 5.58. The Bertz CT molecular complexity index is 493. The van der Waals surface area contributed by atoms with Crippen LogP contribution in [-0.4, -0.2) is 19.6 Å². The van der Waals surface area contributed by atoms with Crippen molar-refractivity contribution in [2.45, 2.75) is 6.42 Å². The van der Waals surface area contributed by atoms with Crippen LogP contribution in [0, 0.1) is 18.3 Å². The maximum absolute atomic E-state index is 11.9. The van der Waals surface area contributed by atoms with Crippen molar-refractivity contribution in [3.05, 3.63) is 22.7 Å². The van der Waals surface area contributed by atoms with Crippen LogP contribution in [0.2, 0.25) is 0 Å². The molecule has 1 saturated heterocycles. The number of anilines is 1. The first-order valence-electron chi connectivity index (χ1n) is 5.25. The molecule has 17 heavy (non-hydrogen) atoms. The number of carbonyl (C=O) groups excluding carboxylic acids is 1. The molecule has 0 spiro atoms. The third kappa shape index (κ3) is 2.29. The predicted molar refractivity (Wildman–Crippen MR) is 70.0 cm³/mol. The van der Waals surface area contributed by atoms with E-state index in [-0.39, 0.29) is 11.8 Å². The van der Waals surface area contributed by atoms with Gasteiger partial charge in [-0.1, -0.05) is 15.9 Å². The summed E-state index contributed by atoms with van der Waals surface area (Å²) in [5.41, 5.74) is 0.768. The van der Waals surface area contributed by atoms with E-state index in [9.17, 15) is 4.79 Å². The molecule has 0 radical (unpaired) electrons. The second kappa shape index (κ2) is 4.80. The fourth-order valence-electron chi connectivity index (χ4n) is 1.93. The van der Waals surface area contributed by atoms with Crippen molar-refractivity contribution in [1.29, 1.82) is 0 Å². The van der Waals surface area contributed by atoms with Gasteiger partial charge < -0.3 is 9.64 Å². The number of carbonyl (C=O) groups is 1. The number of hydrogen-bond acceptors (Lipinski definition) is 2. The monoisotopic (exact) mass is 293 g/mol. The molecule has 0 aromatic heterocycles. The topological polar surface area (TPSA) is 29.5 Å². The Morgan fingerprint density at radius 1 is 1.59 bits per heavy atom. The quantitative estimate of drug-likeness (QED) is 0.784. The van der Waals surface area contributed by atoms with Crippen molar-refractivity contribution in [2.24, 2.45) is 5.92 Å². The number of amides is 1. The van der Waals surface area contributed by atoms with Crippen LogP contribution in [0.15, 0.2) is 22.7 Å². The Balaban J connectivity index is 2.37. The molecule has 1 atom stereocenters. The average molecular weight is 294 g/mol. The maximum Gasteiger partial charge on any atom is 0.228 e. The lowest BCUT2D eigenvalue weighted by Gasteiger charge is -2.19. The van der Waals surface area contributed by atoms with Gasteiger partial charge in [0.15, 0.2) is 0 Å². The van der Waals surface area contributed by atoms with Crippen molar-refractivity contribution in [1.82, 2.24) is 0 Å². The van der Waals surface area contributed by atoms with Gasteiger partial charge >= 0.3 is 0 Å². The van der Waals surface area contributed by atoms with E-state index < -0.39 is 0 Å². The molecule has 88 valence electrons. The summed E-state index contributed by atoms with van der Waals surface area (Å²) in [6.07, 6.45) is 5.78. The van der Waals surface area contributed by atoms with E-state index in [0.29, 0.717) is 18.7 Å². The summed E-state index contributed by atoms with van der Waals surface area (Å²) in [7, 11) is 1.59. The zero-order valence-electron chi connectivity index (χ0n) is 9.44. The minimum atomic E-state index is -0.00816. The van der Waals surface area contributed by atoms with Crippen LogP contribution in [-0.2, 0) is 4.79 Å². The second-order valence-electron chi connectivity index (χ2n) is 3.89. The molecule has 1 aliphatic rings. The molecule has 0 saturated carbocycles. The number of ether oxygens (including phenoxy) is 1. The number of hydrogen-bond donors (Lipinski definition) is 0. The smallest absolute Gasteiger partial charge is 0.228 e. The first-order chi connectivity index (χ1) is 8.15. The zero-order valence-corrected chi connectivity index (χ0v) is 11.0. The van der Waals surface area contributed by atoms with Gasteiger partial charge in [-0.15, -0.1) is 12.3 Å². The van der Waals surface area contributed by atoms with Crippen LogP contribution in [0.1, 0.15) is 6.42 Å². The average Bonchev–Trinajstić information content (AvgIpc) is 2.70. The summed E-state index contributed by atoms with van der Waals surface area (Å²) < 4.78 is 6.17. The molecule has 1 unspecified atom stereocenters. The van der Waals surface area contributed by atoms with Gasteiger partial charge in [-0.3, -0.25) is 4.79 Å². The van der Waals surface area contributed by atoms with Crippen molar-refractivity contribution in [3.63, 3.8) is 0 Å². The molecule has 4 heteroatoms. The Kier molecular flexibility index (Phi) is 3.39. The highest BCUT2D eigenvalue weighted by molar-refractivity contribution is 9.10. The molecule has 3 nitrogen and oxygen atoms in total. The third-order valence-corrected chi connectivity index (χ3v) is 3.29. The molecule has 1 aromatic carbocycles. The van der Waals surface area contributed by atoms with Crippen LogP contribution in [0.4, 0.5) is 5.69 Å². The Hall–Kier alpha value is -1.47. The van der Waals surface area contributed by atoms with Crippen LogP contribution in [0.5, 0.6) is 5.75 Å². The van der Waals surface area contributed by atoms with Crippen molar-refractivity contribution >= 4 is 27.5 Å². The highest BCUT2D eigenvalue weighted by atomic mass is 79.9. The van der Waals surface area contributed by atoms with Crippen LogP contribution < -0.4 is 9.64 Å². The molecule has 1 heterocycles. The molecule has 0 N–H and O–H groups in total. The van der Waals surface area contributed by atoms with E-state index in [2.05, 4.69) is 21.9 Å². The van der Waals surface area contributed by atoms with Crippen molar-refractivity contribution in [2.75, 3.05) is 18.6 Å². The number of nitrogens with zero attached hydrogens (tertiary/aromatic N) is 1. The van der Waals surface area contributed by atoms with Gasteiger partial charge in [0.25, 0.3) is 0 Å². The lowest BCUT2D eigenvalue weighted by Crippen LogP contribution is -2.24. The standard InChI is InChI=1S/C13H12BrNO2/c1-3-9-6-13(16)15(8-9)11-7-10(14)4-5-12(11)17-2/h1,4-5,7,9H,6,8H2,2H3. The minimum absolute atomic E-state index is 0.00816. The van der Waals surface area contributed by atoms with Gasteiger partial charge in [0, 0.05) is 23.4 Å². The van der Waals surface area contributed by atoms with Crippen molar-refractivity contribution < 1.29 is 9.53 Å². The van der Waals surface area contributed by atoms with Crippen LogP contribution >= 0.6 is 15.9 Å². The highest BCUT2D eigenvalue weighted by Crippen LogP contribution is 2.35. The SMILES string of the molecule is C#CC1CC(=O)N(c2cc(Br)ccc2OC)C1. The largest absolute Gasteiger partial charge is 0.495 e. The summed E-state index contributed by atoms with van der Waals surface area (Å²) in [5, 5.41) is 0. The fourth-order valence-corrected chi connectivity index (χ4v) is 2.28. The summed E-state index contributed by atoms with van der Waals surface area (Å²) in [5.74, 6) is 3.35. The molecule has 1 aliphatic heterocycles. The molecule has 0 bridgehead atoms. The van der Waals surface area contributed by atoms with Gasteiger partial charge in [-0.25, -0.2) is 0 Å². The summed E-state index contributed by atoms with van der Waals surface area (Å²) >= 11 is 3.39. The second-order valence-corrected chi connectivity index (χ2v) is 4.80. The molecule has 1 aromatic rings. The summed E-state index contributed by atoms with van der Waals surface area (Å²) in [4.78, 5) is 13.6. The number of rotatable bonds is 2. The number of terminal acetylenes is 1. The summed E-state index contributed by atoms with van der Waals surface area (Å²) in [6.45, 7) is 0.558. The molecular weight excluding hydrogens is 282 g/mol. The Labute approximate surface area is 109 Å². The van der Waals surface area contributed by atoms with E-state index in [1.165, 1.54) is 0 Å². The van der Waals surface area contributed by atoms with Gasteiger partial charge in [0.2, 0.25) is 5.91 Å². The van der Waals surface area contributed by atoms with E-state index in [1.807, 2.05) is 18.2 Å². The van der Waals surface area contributed by atoms with Gasteiger partial charge in [0.1, 0.15) is 5.75 Å². The third-order valence-electron chi connectivity index (χ3n) is 2.79. The van der Waals surface area contributed by atoms with Gasteiger partial charge in [0.05, 0.1) is 12.8 Å². The Morgan fingerprint density at radius 2 is 2.35 bits per heavy atom. The van der Waals surface area contributed by atoms with Crippen LogP contribution in [0.3, 0.4) is 0 Å². The fraction of sp³-hybridized carbons (Fsp3) is 0.308. The van der Waals surface area contributed by atoms with Crippen molar-refractivity contribution in [3.8, 4) is 18.1 Å². The first kappa shape index (κ1) is 12.0. The zero-order chi connectivity index (χ0) is 12.4. The lowest BCUT2D eigenvalue weighted by molar-refractivity contribution is -0.117. The number of halogens is 1. The maximum atomic E-state index is 11.9. The molecular formula is C13H12BrNO2. The number of benzene rings is 1. The lowest BCUT2D eigenvalue weighted by atomic mass is 10.1.